The number of hydrogen-bond donors (Lipinski definition) is 2. The van der Waals surface area contributed by atoms with Crippen LogP contribution in [-0.4, -0.2) is 41.1 Å². The molecule has 0 radical (unpaired) electrons. The Morgan fingerprint density at radius 3 is 2.06 bits per heavy atom. The van der Waals surface area contributed by atoms with Crippen LogP contribution in [0, 0.1) is 0 Å². The van der Waals surface area contributed by atoms with Crippen LogP contribution in [0.25, 0.3) is 11.1 Å². The van der Waals surface area contributed by atoms with E-state index in [9.17, 15) is 4.79 Å². The van der Waals surface area contributed by atoms with Crippen LogP contribution in [0.1, 0.15) is 34.1 Å². The van der Waals surface area contributed by atoms with Gasteiger partial charge in [0.15, 0.2) is 0 Å². The molecule has 182 valence electrons. The van der Waals surface area contributed by atoms with E-state index < -0.39 is 8.80 Å². The monoisotopic (exact) mass is 536 g/mol. The quantitative estimate of drug-likeness (QED) is 0.168. The zero-order valence-electron chi connectivity index (χ0n) is 20.1. The Morgan fingerprint density at radius 1 is 0.939 bits per heavy atom. The van der Waals surface area contributed by atoms with Gasteiger partial charge in [-0.25, -0.2) is 0 Å². The molecule has 0 aromatic heterocycles. The summed E-state index contributed by atoms with van der Waals surface area (Å²) in [5, 5.41) is 6.38. The zero-order chi connectivity index (χ0) is 23.4. The maximum absolute atomic E-state index is 11.8. The van der Waals surface area contributed by atoms with Crippen LogP contribution < -0.4 is 10.6 Å². The van der Waals surface area contributed by atoms with E-state index in [1.54, 1.807) is 6.92 Å². The van der Waals surface area contributed by atoms with Crippen molar-refractivity contribution >= 4 is 43.1 Å². The maximum Gasteiger partial charge on any atom is 0.500 e. The van der Waals surface area contributed by atoms with Crippen molar-refractivity contribution in [2.75, 3.05) is 37.0 Å². The first-order chi connectivity index (χ1) is 15.4. The summed E-state index contributed by atoms with van der Waals surface area (Å²) in [5.74, 6) is -0.175. The number of amides is 1. The van der Waals surface area contributed by atoms with Crippen LogP contribution in [-0.2, 0) is 18.1 Å². The summed E-state index contributed by atoms with van der Waals surface area (Å²) in [7, 11) is -2.62. The molecule has 0 heterocycles. The number of hydrogen-bond acceptors (Lipinski definition) is 5. The molecule has 0 spiro atoms. The first-order valence-electron chi connectivity index (χ1n) is 11.3. The molecule has 0 atom stereocenters. The average Bonchev–Trinajstić information content (AvgIpc) is 2.78. The lowest BCUT2D eigenvalue weighted by Crippen LogP contribution is -2.46. The second kappa shape index (κ2) is 15.0. The van der Waals surface area contributed by atoms with Crippen LogP contribution in [0.2, 0.25) is 6.04 Å². The molecule has 2 aromatic carbocycles. The zero-order valence-corrected chi connectivity index (χ0v) is 22.8. The number of para-hydroxylation sites is 1. The van der Waals surface area contributed by atoms with Crippen LogP contribution in [0.15, 0.2) is 60.7 Å². The summed E-state index contributed by atoms with van der Waals surface area (Å²) >= 11 is 0. The highest BCUT2D eigenvalue weighted by atomic mass is 79.9. The van der Waals surface area contributed by atoms with Gasteiger partial charge in [0, 0.05) is 54.9 Å². The highest BCUT2D eigenvalue weighted by molar-refractivity contribution is 8.93. The topological polar surface area (TPSA) is 68.8 Å². The largest absolute Gasteiger partial charge is 0.500 e. The average molecular weight is 538 g/mol. The fraction of sp³-hybridized carbons (Fsp3) is 0.400. The number of carbonyl (C=O) groups excluding carboxylic acids is 1. The van der Waals surface area contributed by atoms with Gasteiger partial charge in [-0.15, -0.1) is 17.0 Å². The summed E-state index contributed by atoms with van der Waals surface area (Å²) in [6, 6.07) is 16.8. The predicted octanol–water partition coefficient (Wildman–Crippen LogP) is 6.30. The molecule has 8 heteroatoms. The van der Waals surface area contributed by atoms with Gasteiger partial charge in [0.1, 0.15) is 0 Å². The Morgan fingerprint density at radius 2 is 1.52 bits per heavy atom. The number of benzene rings is 2. The van der Waals surface area contributed by atoms with Gasteiger partial charge in [-0.3, -0.25) is 4.79 Å². The van der Waals surface area contributed by atoms with Crippen molar-refractivity contribution in [2.45, 2.75) is 40.2 Å². The predicted molar refractivity (Wildman–Crippen MR) is 144 cm³/mol. The van der Waals surface area contributed by atoms with E-state index in [1.807, 2.05) is 57.2 Å². The van der Waals surface area contributed by atoms with Gasteiger partial charge in [-0.1, -0.05) is 36.9 Å². The van der Waals surface area contributed by atoms with Gasteiger partial charge in [0.05, 0.1) is 0 Å². The fourth-order valence-electron chi connectivity index (χ4n) is 3.39. The molecule has 2 N–H and O–H groups in total. The molecule has 0 aliphatic carbocycles. The molecule has 2 aromatic rings. The number of halogens is 1. The highest BCUT2D eigenvalue weighted by Crippen LogP contribution is 2.29. The van der Waals surface area contributed by atoms with Crippen LogP contribution in [0.3, 0.4) is 0 Å². The molecule has 2 rings (SSSR count). The summed E-state index contributed by atoms with van der Waals surface area (Å²) in [4.78, 5) is 11.8. The van der Waals surface area contributed by atoms with Crippen molar-refractivity contribution < 1.29 is 18.1 Å². The van der Waals surface area contributed by atoms with Gasteiger partial charge in [-0.2, -0.15) is 0 Å². The van der Waals surface area contributed by atoms with E-state index in [0.717, 1.165) is 41.5 Å². The number of rotatable bonds is 14. The summed E-state index contributed by atoms with van der Waals surface area (Å²) < 4.78 is 17.8. The second-order valence-electron chi connectivity index (χ2n) is 7.37. The first kappa shape index (κ1) is 29.1. The Labute approximate surface area is 209 Å². The molecular formula is C25H37BrN2O4Si. The minimum absolute atomic E-state index is 0. The lowest BCUT2D eigenvalue weighted by Gasteiger charge is -2.28. The Hall–Kier alpha value is -1.97. The third kappa shape index (κ3) is 9.06. The standard InChI is InChI=1S/C25H36N2O4Si.BrH/c1-6-29-32(30-7-2,31-8-3)19-11-18-26-24-13-10-9-12-23(24)21-14-16-22(17-15-21)27-25(28)20(4)5;/h9-10,12-17,26H,4,6-8,11,18-19H2,1-3,5H3,(H,27,28);1H. The van der Waals surface area contributed by atoms with Gasteiger partial charge < -0.3 is 23.9 Å². The summed E-state index contributed by atoms with van der Waals surface area (Å²) in [5.41, 5.74) is 4.46. The molecule has 0 aliphatic rings. The van der Waals surface area contributed by atoms with Crippen molar-refractivity contribution in [1.82, 2.24) is 0 Å². The lowest BCUT2D eigenvalue weighted by atomic mass is 10.0. The van der Waals surface area contributed by atoms with Gasteiger partial charge >= 0.3 is 8.80 Å². The Kier molecular flexibility index (Phi) is 13.2. The molecule has 0 saturated heterocycles. The molecule has 33 heavy (non-hydrogen) atoms. The number of carbonyl (C=O) groups is 1. The van der Waals surface area contributed by atoms with Crippen molar-refractivity contribution in [3.8, 4) is 11.1 Å². The molecule has 0 fully saturated rings. The summed E-state index contributed by atoms with van der Waals surface area (Å²) in [6.07, 6.45) is 0.881. The summed E-state index contributed by atoms with van der Waals surface area (Å²) in [6.45, 7) is 13.8. The Bertz CT molecular complexity index is 860. The highest BCUT2D eigenvalue weighted by Gasteiger charge is 2.39. The molecule has 0 saturated carbocycles. The minimum atomic E-state index is -2.62. The van der Waals surface area contributed by atoms with Crippen LogP contribution >= 0.6 is 17.0 Å². The van der Waals surface area contributed by atoms with Crippen molar-refractivity contribution in [2.24, 2.45) is 0 Å². The van der Waals surface area contributed by atoms with Crippen molar-refractivity contribution in [1.29, 1.82) is 0 Å². The maximum atomic E-state index is 11.8. The third-order valence-electron chi connectivity index (χ3n) is 4.84. The Balaban J connectivity index is 0.00000544. The van der Waals surface area contributed by atoms with Crippen LogP contribution in [0.4, 0.5) is 11.4 Å². The molecular weight excluding hydrogens is 500 g/mol. The SMILES string of the molecule is Br.C=C(C)C(=O)Nc1ccc(-c2ccccc2NCCC[Si](OCC)(OCC)OCC)cc1. The van der Waals surface area contributed by atoms with Crippen molar-refractivity contribution in [3.05, 3.63) is 60.7 Å². The molecule has 6 nitrogen and oxygen atoms in total. The fourth-order valence-corrected chi connectivity index (χ4v) is 6.00. The van der Waals surface area contributed by atoms with Gasteiger partial charge in [0.2, 0.25) is 0 Å². The molecule has 1 amide bonds. The second-order valence-corrected chi connectivity index (χ2v) is 10.1. The molecule has 0 bridgehead atoms. The third-order valence-corrected chi connectivity index (χ3v) is 7.99. The normalized spacial score (nSPS) is 10.9. The van der Waals surface area contributed by atoms with Gasteiger partial charge in [0.25, 0.3) is 5.91 Å². The van der Waals surface area contributed by atoms with E-state index in [2.05, 4.69) is 29.3 Å². The smallest absolute Gasteiger partial charge is 0.385 e. The lowest BCUT2D eigenvalue weighted by molar-refractivity contribution is -0.112. The number of anilines is 2. The van der Waals surface area contributed by atoms with E-state index >= 15 is 0 Å². The first-order valence-corrected chi connectivity index (χ1v) is 13.2. The minimum Gasteiger partial charge on any atom is -0.385 e. The van der Waals surface area contributed by atoms with E-state index in [4.69, 9.17) is 13.3 Å². The van der Waals surface area contributed by atoms with Crippen molar-refractivity contribution in [3.63, 3.8) is 0 Å². The van der Waals surface area contributed by atoms with Crippen LogP contribution in [0.5, 0.6) is 0 Å². The van der Waals surface area contributed by atoms with E-state index in [-0.39, 0.29) is 22.9 Å². The molecule has 0 unspecified atom stereocenters. The van der Waals surface area contributed by atoms with E-state index in [0.29, 0.717) is 25.4 Å². The van der Waals surface area contributed by atoms with Gasteiger partial charge in [-0.05, 0) is 57.9 Å². The number of nitrogens with one attached hydrogen (secondary N) is 2. The van der Waals surface area contributed by atoms with E-state index in [1.165, 1.54) is 0 Å². The molecule has 0 aliphatic heterocycles.